The first-order chi connectivity index (χ1) is 7.16. The molecule has 0 amide bonds. The Kier molecular flexibility index (Phi) is 2.65. The summed E-state index contributed by atoms with van der Waals surface area (Å²) >= 11 is 2.17. The Labute approximate surface area is 92.3 Å². The predicted molar refractivity (Wildman–Crippen MR) is 56.8 cm³/mol. The van der Waals surface area contributed by atoms with Crippen LogP contribution >= 0.6 is 22.7 Å². The van der Waals surface area contributed by atoms with Crippen molar-refractivity contribution < 1.29 is 9.90 Å². The highest BCUT2D eigenvalue weighted by Gasteiger charge is 2.09. The number of carboxylic acids is 1. The summed E-state index contributed by atoms with van der Waals surface area (Å²) in [5, 5.41) is 12.0. The summed E-state index contributed by atoms with van der Waals surface area (Å²) in [5.74, 6) is -1.04. The number of hydrogen-bond acceptors (Lipinski definition) is 5. The summed E-state index contributed by atoms with van der Waals surface area (Å²) < 4.78 is 1.49. The van der Waals surface area contributed by atoms with Crippen molar-refractivity contribution in [3.63, 3.8) is 0 Å². The number of thiazole rings is 2. The van der Waals surface area contributed by atoms with Crippen molar-refractivity contribution in [1.82, 2.24) is 9.55 Å². The van der Waals surface area contributed by atoms with Crippen LogP contribution < -0.4 is 4.87 Å². The largest absolute Gasteiger partial charge is 0.476 e. The molecule has 0 radical (unpaired) electrons. The molecule has 0 atom stereocenters. The van der Waals surface area contributed by atoms with E-state index in [1.807, 2.05) is 0 Å². The summed E-state index contributed by atoms with van der Waals surface area (Å²) in [6.07, 6.45) is 1.66. The molecule has 0 aliphatic heterocycles. The van der Waals surface area contributed by atoms with Crippen molar-refractivity contribution >= 4 is 28.6 Å². The van der Waals surface area contributed by atoms with Crippen molar-refractivity contribution in [2.75, 3.05) is 0 Å². The Morgan fingerprint density at radius 1 is 1.53 bits per heavy atom. The van der Waals surface area contributed by atoms with Crippen LogP contribution in [0.15, 0.2) is 21.8 Å². The van der Waals surface area contributed by atoms with Crippen molar-refractivity contribution in [1.29, 1.82) is 0 Å². The lowest BCUT2D eigenvalue weighted by Crippen LogP contribution is -2.12. The van der Waals surface area contributed by atoms with Gasteiger partial charge in [0.25, 0.3) is 0 Å². The first-order valence-corrected chi connectivity index (χ1v) is 5.74. The van der Waals surface area contributed by atoms with E-state index in [-0.39, 0.29) is 9.88 Å². The lowest BCUT2D eigenvalue weighted by Gasteiger charge is -1.95. The van der Waals surface area contributed by atoms with E-state index in [1.165, 1.54) is 4.57 Å². The van der Waals surface area contributed by atoms with Gasteiger partial charge in [-0.2, -0.15) is 0 Å². The third kappa shape index (κ3) is 2.13. The predicted octanol–water partition coefficient (Wildman–Crippen LogP) is 1.11. The number of aromatic nitrogens is 2. The molecule has 0 aliphatic rings. The molecular weight excluding hydrogens is 236 g/mol. The lowest BCUT2D eigenvalue weighted by atomic mass is 10.5. The van der Waals surface area contributed by atoms with Crippen molar-refractivity contribution in [3.05, 3.63) is 37.3 Å². The van der Waals surface area contributed by atoms with Gasteiger partial charge in [0.2, 0.25) is 5.01 Å². The smallest absolute Gasteiger partial charge is 0.365 e. The molecule has 15 heavy (non-hydrogen) atoms. The van der Waals surface area contributed by atoms with Gasteiger partial charge < -0.3 is 5.11 Å². The van der Waals surface area contributed by atoms with E-state index in [0.29, 0.717) is 12.2 Å². The zero-order valence-electron chi connectivity index (χ0n) is 7.41. The van der Waals surface area contributed by atoms with Gasteiger partial charge in [0, 0.05) is 17.0 Å². The van der Waals surface area contributed by atoms with E-state index in [9.17, 15) is 9.59 Å². The average molecular weight is 242 g/mol. The van der Waals surface area contributed by atoms with Crippen LogP contribution in [0.5, 0.6) is 0 Å². The molecule has 0 spiro atoms. The molecule has 0 saturated heterocycles. The normalized spacial score (nSPS) is 10.4. The van der Waals surface area contributed by atoms with Gasteiger partial charge in [-0.25, -0.2) is 9.78 Å². The Morgan fingerprint density at radius 2 is 2.33 bits per heavy atom. The highest BCUT2D eigenvalue weighted by atomic mass is 32.1. The molecule has 7 heteroatoms. The lowest BCUT2D eigenvalue weighted by molar-refractivity contribution is 0.0696. The van der Waals surface area contributed by atoms with Crippen molar-refractivity contribution in [2.24, 2.45) is 0 Å². The second-order valence-corrected chi connectivity index (χ2v) is 4.46. The molecular formula is C8H6N2O3S2. The fourth-order valence-corrected chi connectivity index (χ4v) is 2.29. The maximum Gasteiger partial charge on any atom is 0.365 e. The molecule has 1 N–H and O–H groups in total. The zero-order valence-corrected chi connectivity index (χ0v) is 9.05. The molecule has 0 fully saturated rings. The monoisotopic (exact) mass is 242 g/mol. The molecule has 2 rings (SSSR count). The van der Waals surface area contributed by atoms with Gasteiger partial charge in [0.15, 0.2) is 0 Å². The maximum atomic E-state index is 11.2. The first-order valence-electron chi connectivity index (χ1n) is 3.98. The molecule has 2 aromatic rings. The molecule has 0 unspecified atom stereocenters. The number of hydrogen-bond donors (Lipinski definition) is 1. The fourth-order valence-electron chi connectivity index (χ4n) is 1.06. The van der Waals surface area contributed by atoms with Crippen LogP contribution in [-0.2, 0) is 6.54 Å². The first kappa shape index (κ1) is 10.1. The quantitative estimate of drug-likeness (QED) is 0.875. The van der Waals surface area contributed by atoms with E-state index in [0.717, 1.165) is 22.7 Å². The van der Waals surface area contributed by atoms with Crippen LogP contribution in [0.3, 0.4) is 0 Å². The van der Waals surface area contributed by atoms with Crippen LogP contribution in [0, 0.1) is 0 Å². The molecule has 2 heterocycles. The average Bonchev–Trinajstić information content (AvgIpc) is 2.77. The molecule has 2 aromatic heterocycles. The van der Waals surface area contributed by atoms with Gasteiger partial charge in [0.1, 0.15) is 0 Å². The fraction of sp³-hybridized carbons (Fsp3) is 0.125. The highest BCUT2D eigenvalue weighted by Crippen LogP contribution is 2.10. The summed E-state index contributed by atoms with van der Waals surface area (Å²) in [6.45, 7) is 0.326. The Hall–Kier alpha value is -1.47. The maximum absolute atomic E-state index is 11.2. The highest BCUT2D eigenvalue weighted by molar-refractivity contribution is 7.11. The van der Waals surface area contributed by atoms with Crippen molar-refractivity contribution in [3.8, 4) is 0 Å². The van der Waals surface area contributed by atoms with Crippen molar-refractivity contribution in [2.45, 2.75) is 6.54 Å². The Balaban J connectivity index is 2.22. The van der Waals surface area contributed by atoms with E-state index in [4.69, 9.17) is 5.11 Å². The number of carboxylic acid groups (broad SMARTS) is 1. The summed E-state index contributed by atoms with van der Waals surface area (Å²) in [4.78, 5) is 25.6. The van der Waals surface area contributed by atoms with E-state index >= 15 is 0 Å². The minimum atomic E-state index is -1.04. The number of carbonyl (C=O) groups is 1. The van der Waals surface area contributed by atoms with E-state index in [2.05, 4.69) is 4.98 Å². The summed E-state index contributed by atoms with van der Waals surface area (Å²) in [6, 6.07) is 0. The number of aromatic carboxylic acids is 1. The van der Waals surface area contributed by atoms with Gasteiger partial charge >= 0.3 is 10.8 Å². The molecule has 0 aromatic carbocycles. The van der Waals surface area contributed by atoms with Gasteiger partial charge in [-0.1, -0.05) is 11.3 Å². The van der Waals surface area contributed by atoms with Crippen LogP contribution in [0.2, 0.25) is 0 Å². The Bertz CT molecular complexity index is 540. The second-order valence-electron chi connectivity index (χ2n) is 2.75. The molecule has 78 valence electrons. The third-order valence-corrected chi connectivity index (χ3v) is 3.28. The molecule has 5 nitrogen and oxygen atoms in total. The standard InChI is InChI=1S/C8H6N2O3S2/c11-7(12)6-9-5(4-15-6)3-10-1-2-14-8(10)13/h1-2,4H,3H2,(H,11,12). The summed E-state index contributed by atoms with van der Waals surface area (Å²) in [7, 11) is 0. The van der Waals surface area contributed by atoms with Gasteiger partial charge in [-0.15, -0.1) is 11.3 Å². The van der Waals surface area contributed by atoms with Crippen LogP contribution in [0.1, 0.15) is 15.5 Å². The molecule has 0 bridgehead atoms. The summed E-state index contributed by atoms with van der Waals surface area (Å²) in [5.41, 5.74) is 0.595. The minimum absolute atomic E-state index is 0.0493. The SMILES string of the molecule is O=C(O)c1nc(Cn2ccsc2=O)cs1. The van der Waals surface area contributed by atoms with Gasteiger partial charge in [-0.05, 0) is 0 Å². The van der Waals surface area contributed by atoms with Crippen LogP contribution in [0.25, 0.3) is 0 Å². The van der Waals surface area contributed by atoms with Gasteiger partial charge in [-0.3, -0.25) is 9.36 Å². The van der Waals surface area contributed by atoms with Gasteiger partial charge in [0.05, 0.1) is 12.2 Å². The zero-order chi connectivity index (χ0) is 10.8. The third-order valence-electron chi connectivity index (χ3n) is 1.71. The van der Waals surface area contributed by atoms with E-state index < -0.39 is 5.97 Å². The Morgan fingerprint density at radius 3 is 2.87 bits per heavy atom. The number of rotatable bonds is 3. The topological polar surface area (TPSA) is 72.2 Å². The number of nitrogens with zero attached hydrogens (tertiary/aromatic N) is 2. The molecule has 0 aliphatic carbocycles. The van der Waals surface area contributed by atoms with Crippen LogP contribution in [0.4, 0.5) is 0 Å². The second kappa shape index (κ2) is 3.95. The van der Waals surface area contributed by atoms with Crippen LogP contribution in [-0.4, -0.2) is 20.6 Å². The molecule has 0 saturated carbocycles. The van der Waals surface area contributed by atoms with E-state index in [1.54, 1.807) is 17.0 Å². The minimum Gasteiger partial charge on any atom is -0.476 e.